The van der Waals surface area contributed by atoms with Gasteiger partial charge in [0, 0.05) is 0 Å². The highest BCUT2D eigenvalue weighted by Gasteiger charge is 2.29. The molecular weight excluding hydrogens is 380 g/mol. The van der Waals surface area contributed by atoms with E-state index in [2.05, 4.69) is 5.32 Å². The first kappa shape index (κ1) is 21.4. The number of methoxy groups -OCH3 is 1. The minimum atomic E-state index is -3.72. The number of hydrogen-bond donors (Lipinski definition) is 1. The van der Waals surface area contributed by atoms with Crippen molar-refractivity contribution in [2.24, 2.45) is 0 Å². The number of aryl methyl sites for hydroxylation is 1. The molecule has 0 saturated heterocycles. The number of para-hydroxylation sites is 1. The molecule has 2 rings (SSSR count). The molecule has 1 atom stereocenters. The van der Waals surface area contributed by atoms with Gasteiger partial charge in [-0.25, -0.2) is 13.2 Å². The van der Waals surface area contributed by atoms with E-state index in [9.17, 15) is 18.0 Å². The summed E-state index contributed by atoms with van der Waals surface area (Å²) in [5.74, 6) is -1.17. The average molecular weight is 404 g/mol. The highest BCUT2D eigenvalue weighted by molar-refractivity contribution is 7.92. The van der Waals surface area contributed by atoms with Crippen LogP contribution in [0.1, 0.15) is 29.8 Å². The molecule has 0 aliphatic carbocycles. The number of esters is 1. The second-order valence-corrected chi connectivity index (χ2v) is 8.14. The fourth-order valence-corrected chi connectivity index (χ4v) is 3.98. The first-order chi connectivity index (χ1) is 13.2. The van der Waals surface area contributed by atoms with E-state index in [1.54, 1.807) is 30.3 Å². The van der Waals surface area contributed by atoms with Gasteiger partial charge in [-0.3, -0.25) is 9.10 Å². The summed E-state index contributed by atoms with van der Waals surface area (Å²) in [5.41, 5.74) is 1.88. The van der Waals surface area contributed by atoms with Crippen molar-refractivity contribution in [2.45, 2.75) is 26.3 Å². The Balaban J connectivity index is 2.34. The van der Waals surface area contributed by atoms with Crippen molar-refractivity contribution < 1.29 is 22.7 Å². The van der Waals surface area contributed by atoms with Gasteiger partial charge >= 0.3 is 5.97 Å². The van der Waals surface area contributed by atoms with Crippen LogP contribution in [0.4, 0.5) is 11.4 Å². The van der Waals surface area contributed by atoms with Crippen molar-refractivity contribution >= 4 is 33.3 Å². The number of nitrogens with zero attached hydrogens (tertiary/aromatic N) is 1. The average Bonchev–Trinajstić information content (AvgIpc) is 2.67. The van der Waals surface area contributed by atoms with Crippen LogP contribution in [0.25, 0.3) is 0 Å². The predicted octanol–water partition coefficient (Wildman–Crippen LogP) is 2.83. The highest BCUT2D eigenvalue weighted by Crippen LogP contribution is 2.23. The molecule has 8 heteroatoms. The van der Waals surface area contributed by atoms with Gasteiger partial charge in [-0.05, 0) is 43.2 Å². The molecule has 0 aliphatic rings. The van der Waals surface area contributed by atoms with Crippen LogP contribution in [0.3, 0.4) is 0 Å². The van der Waals surface area contributed by atoms with Crippen molar-refractivity contribution in [3.63, 3.8) is 0 Å². The Morgan fingerprint density at radius 1 is 1.11 bits per heavy atom. The zero-order chi connectivity index (χ0) is 20.9. The second-order valence-electron chi connectivity index (χ2n) is 6.28. The molecule has 0 radical (unpaired) electrons. The summed E-state index contributed by atoms with van der Waals surface area (Å²) in [4.78, 5) is 24.7. The summed E-state index contributed by atoms with van der Waals surface area (Å²) in [5, 5.41) is 2.62. The number of carbonyl (C=O) groups excluding carboxylic acids is 2. The van der Waals surface area contributed by atoms with E-state index in [0.717, 1.165) is 22.5 Å². The van der Waals surface area contributed by atoms with E-state index in [1.807, 2.05) is 19.1 Å². The van der Waals surface area contributed by atoms with Crippen molar-refractivity contribution in [1.82, 2.24) is 0 Å². The van der Waals surface area contributed by atoms with Crippen LogP contribution in [-0.2, 0) is 26.0 Å². The molecule has 7 nitrogen and oxygen atoms in total. The predicted molar refractivity (Wildman–Crippen MR) is 109 cm³/mol. The maximum atomic E-state index is 12.8. The molecule has 28 heavy (non-hydrogen) atoms. The summed E-state index contributed by atoms with van der Waals surface area (Å²) in [7, 11) is -2.48. The Morgan fingerprint density at radius 3 is 2.25 bits per heavy atom. The Hall–Kier alpha value is -2.87. The molecule has 2 aromatic carbocycles. The molecule has 150 valence electrons. The fourth-order valence-electron chi connectivity index (χ4n) is 2.80. The zero-order valence-corrected chi connectivity index (χ0v) is 17.1. The molecule has 0 aliphatic heterocycles. The van der Waals surface area contributed by atoms with Gasteiger partial charge in [-0.1, -0.05) is 31.2 Å². The number of benzene rings is 2. The lowest BCUT2D eigenvalue weighted by Crippen LogP contribution is -2.45. The molecule has 1 amide bonds. The second kappa shape index (κ2) is 8.88. The minimum Gasteiger partial charge on any atom is -0.465 e. The van der Waals surface area contributed by atoms with Crippen LogP contribution in [0.15, 0.2) is 48.5 Å². The fraction of sp³-hybridized carbons (Fsp3) is 0.300. The van der Waals surface area contributed by atoms with Crippen molar-refractivity contribution in [2.75, 3.05) is 23.0 Å². The number of nitrogens with one attached hydrogen (secondary N) is 1. The number of ether oxygens (including phenoxy) is 1. The lowest BCUT2D eigenvalue weighted by molar-refractivity contribution is -0.116. The smallest absolute Gasteiger partial charge is 0.339 e. The molecule has 1 unspecified atom stereocenters. The first-order valence-electron chi connectivity index (χ1n) is 8.75. The van der Waals surface area contributed by atoms with Crippen LogP contribution >= 0.6 is 0 Å². The number of hydrogen-bond acceptors (Lipinski definition) is 5. The van der Waals surface area contributed by atoms with Crippen LogP contribution in [0.5, 0.6) is 0 Å². The molecule has 0 heterocycles. The number of carbonyl (C=O) groups is 2. The van der Waals surface area contributed by atoms with Gasteiger partial charge < -0.3 is 10.1 Å². The Morgan fingerprint density at radius 2 is 1.71 bits per heavy atom. The van der Waals surface area contributed by atoms with E-state index in [4.69, 9.17) is 4.74 Å². The van der Waals surface area contributed by atoms with Gasteiger partial charge in [-0.2, -0.15) is 0 Å². The van der Waals surface area contributed by atoms with Crippen LogP contribution in [0.2, 0.25) is 0 Å². The lowest BCUT2D eigenvalue weighted by atomic mass is 10.1. The molecule has 2 aromatic rings. The van der Waals surface area contributed by atoms with Crippen molar-refractivity contribution in [3.05, 3.63) is 59.7 Å². The maximum absolute atomic E-state index is 12.8. The third-order valence-corrected chi connectivity index (χ3v) is 5.52. The first-order valence-corrected chi connectivity index (χ1v) is 10.6. The number of amides is 1. The van der Waals surface area contributed by atoms with Crippen LogP contribution < -0.4 is 9.62 Å². The van der Waals surface area contributed by atoms with Gasteiger partial charge in [-0.15, -0.1) is 0 Å². The quantitative estimate of drug-likeness (QED) is 0.717. The van der Waals surface area contributed by atoms with Gasteiger partial charge in [0.15, 0.2) is 0 Å². The van der Waals surface area contributed by atoms with Crippen molar-refractivity contribution in [3.8, 4) is 0 Å². The number of rotatable bonds is 7. The monoisotopic (exact) mass is 404 g/mol. The van der Waals surface area contributed by atoms with Gasteiger partial charge in [0.2, 0.25) is 15.9 Å². The Labute approximate surface area is 165 Å². The molecule has 0 spiro atoms. The van der Waals surface area contributed by atoms with Gasteiger partial charge in [0.1, 0.15) is 6.04 Å². The third kappa shape index (κ3) is 4.89. The van der Waals surface area contributed by atoms with E-state index < -0.39 is 27.9 Å². The van der Waals surface area contributed by atoms with E-state index in [1.165, 1.54) is 20.1 Å². The third-order valence-electron chi connectivity index (χ3n) is 4.28. The zero-order valence-electron chi connectivity index (χ0n) is 16.3. The summed E-state index contributed by atoms with van der Waals surface area (Å²) < 4.78 is 30.5. The van der Waals surface area contributed by atoms with Crippen LogP contribution in [-0.4, -0.2) is 39.7 Å². The van der Waals surface area contributed by atoms with Gasteiger partial charge in [0.05, 0.1) is 30.3 Å². The Bertz CT molecular complexity index is 955. The minimum absolute atomic E-state index is 0.184. The summed E-state index contributed by atoms with van der Waals surface area (Å²) in [6.45, 7) is 3.49. The van der Waals surface area contributed by atoms with Crippen LogP contribution in [0, 0.1) is 0 Å². The highest BCUT2D eigenvalue weighted by atomic mass is 32.2. The largest absolute Gasteiger partial charge is 0.465 e. The Kier molecular flexibility index (Phi) is 6.80. The number of sulfonamides is 1. The standard InChI is InChI=1S/C20H24N2O5S/c1-5-15-10-12-16(13-11-15)22(28(4,25)26)14(2)19(23)21-18-9-7-6-8-17(18)20(24)27-3/h6-14H,5H2,1-4H3,(H,21,23). The molecule has 1 N–H and O–H groups in total. The normalized spacial score (nSPS) is 12.1. The molecule has 0 bridgehead atoms. The SMILES string of the molecule is CCc1ccc(N(C(C)C(=O)Nc2ccccc2C(=O)OC)S(C)(=O)=O)cc1. The van der Waals surface area contributed by atoms with Gasteiger partial charge in [0.25, 0.3) is 0 Å². The van der Waals surface area contributed by atoms with E-state index in [-0.39, 0.29) is 11.3 Å². The summed E-state index contributed by atoms with van der Waals surface area (Å²) >= 11 is 0. The molecular formula is C20H24N2O5S. The molecule has 0 fully saturated rings. The maximum Gasteiger partial charge on any atom is 0.339 e. The summed E-state index contributed by atoms with van der Waals surface area (Å²) in [6, 6.07) is 12.3. The van der Waals surface area contributed by atoms with E-state index >= 15 is 0 Å². The molecule has 0 saturated carbocycles. The lowest BCUT2D eigenvalue weighted by Gasteiger charge is -2.28. The van der Waals surface area contributed by atoms with E-state index in [0.29, 0.717) is 5.69 Å². The topological polar surface area (TPSA) is 92.8 Å². The molecule has 0 aromatic heterocycles. The van der Waals surface area contributed by atoms with Crippen molar-refractivity contribution in [1.29, 1.82) is 0 Å². The number of anilines is 2. The summed E-state index contributed by atoms with van der Waals surface area (Å²) in [6.07, 6.45) is 1.87.